The molecule has 0 spiro atoms. The van der Waals surface area contributed by atoms with Crippen LogP contribution in [0.15, 0.2) is 66.7 Å². The molecule has 1 aliphatic rings. The average molecular weight is 545 g/mol. The molecule has 2 N–H and O–H groups in total. The molecule has 0 fully saturated rings. The Bertz CT molecular complexity index is 1330. The van der Waals surface area contributed by atoms with E-state index in [2.05, 4.69) is 11.4 Å². The van der Waals surface area contributed by atoms with Gasteiger partial charge in [-0.3, -0.25) is 9.69 Å². The summed E-state index contributed by atoms with van der Waals surface area (Å²) in [6.45, 7) is 1.63. The van der Waals surface area contributed by atoms with Crippen LogP contribution in [0.2, 0.25) is 10.0 Å². The molecular formula is C28H24Cl2F2N2O3. The molecule has 37 heavy (non-hydrogen) atoms. The van der Waals surface area contributed by atoms with Gasteiger partial charge in [-0.05, 0) is 41.3 Å². The predicted molar refractivity (Wildman–Crippen MR) is 140 cm³/mol. The highest BCUT2D eigenvalue weighted by Gasteiger charge is 2.24. The van der Waals surface area contributed by atoms with Crippen molar-refractivity contribution in [3.8, 4) is 0 Å². The van der Waals surface area contributed by atoms with Crippen molar-refractivity contribution in [2.45, 2.75) is 25.4 Å². The van der Waals surface area contributed by atoms with Crippen molar-refractivity contribution in [1.29, 1.82) is 0 Å². The number of halogens is 4. The van der Waals surface area contributed by atoms with E-state index in [1.54, 1.807) is 12.1 Å². The number of carbonyl (C=O) groups is 2. The minimum atomic E-state index is -1.18. The lowest BCUT2D eigenvalue weighted by atomic mass is 9.96. The number of carboxylic acid groups (broad SMARTS) is 1. The van der Waals surface area contributed by atoms with Crippen molar-refractivity contribution in [3.63, 3.8) is 0 Å². The Morgan fingerprint density at radius 2 is 1.68 bits per heavy atom. The Morgan fingerprint density at radius 3 is 2.30 bits per heavy atom. The number of carboxylic acids is 1. The first-order valence-corrected chi connectivity index (χ1v) is 12.4. The van der Waals surface area contributed by atoms with Crippen LogP contribution in [0, 0.1) is 11.6 Å². The number of amides is 1. The van der Waals surface area contributed by atoms with Crippen LogP contribution < -0.4 is 5.32 Å². The van der Waals surface area contributed by atoms with Gasteiger partial charge in [-0.25, -0.2) is 13.6 Å². The summed E-state index contributed by atoms with van der Waals surface area (Å²) in [6.07, 6.45) is 2.88. The Kier molecular flexibility index (Phi) is 8.59. The van der Waals surface area contributed by atoms with E-state index < -0.39 is 29.6 Å². The van der Waals surface area contributed by atoms with E-state index >= 15 is 0 Å². The molecule has 5 nitrogen and oxygen atoms in total. The molecule has 1 atom stereocenters. The summed E-state index contributed by atoms with van der Waals surface area (Å²) in [4.78, 5) is 26.5. The van der Waals surface area contributed by atoms with Crippen molar-refractivity contribution in [1.82, 2.24) is 10.2 Å². The van der Waals surface area contributed by atoms with E-state index in [-0.39, 0.29) is 22.0 Å². The highest BCUT2D eigenvalue weighted by molar-refractivity contribution is 6.39. The van der Waals surface area contributed by atoms with Crippen LogP contribution >= 0.6 is 23.2 Å². The van der Waals surface area contributed by atoms with Gasteiger partial charge in [0.2, 0.25) is 0 Å². The summed E-state index contributed by atoms with van der Waals surface area (Å²) in [7, 11) is 0. The Hall–Kier alpha value is -3.26. The summed E-state index contributed by atoms with van der Waals surface area (Å²) in [5.41, 5.74) is 3.23. The summed E-state index contributed by atoms with van der Waals surface area (Å²) in [5.74, 6) is -3.48. The van der Waals surface area contributed by atoms with Gasteiger partial charge in [-0.15, -0.1) is 0 Å². The smallest absolute Gasteiger partial charge is 0.326 e. The fourth-order valence-corrected chi connectivity index (χ4v) is 4.83. The van der Waals surface area contributed by atoms with E-state index in [4.69, 9.17) is 23.2 Å². The lowest BCUT2D eigenvalue weighted by molar-refractivity contribution is -0.139. The van der Waals surface area contributed by atoms with Crippen LogP contribution in [0.25, 0.3) is 5.57 Å². The molecule has 4 rings (SSSR count). The normalized spacial score (nSPS) is 14.6. The second-order valence-corrected chi connectivity index (χ2v) is 9.60. The fraction of sp³-hybridized carbons (Fsp3) is 0.214. The number of aliphatic carboxylic acids is 1. The second-order valence-electron chi connectivity index (χ2n) is 8.79. The maximum Gasteiger partial charge on any atom is 0.326 e. The maximum absolute atomic E-state index is 14.0. The third-order valence-electron chi connectivity index (χ3n) is 6.28. The van der Waals surface area contributed by atoms with Crippen LogP contribution in [-0.2, 0) is 17.8 Å². The Morgan fingerprint density at radius 1 is 1.00 bits per heavy atom. The molecule has 1 heterocycles. The minimum absolute atomic E-state index is 0.0332. The van der Waals surface area contributed by atoms with Crippen molar-refractivity contribution in [2.75, 3.05) is 13.1 Å². The lowest BCUT2D eigenvalue weighted by Crippen LogP contribution is -2.42. The van der Waals surface area contributed by atoms with Gasteiger partial charge in [0.1, 0.15) is 6.04 Å². The van der Waals surface area contributed by atoms with Gasteiger partial charge in [0.05, 0.1) is 15.6 Å². The summed E-state index contributed by atoms with van der Waals surface area (Å²) in [6, 6.07) is 15.1. The molecule has 192 valence electrons. The minimum Gasteiger partial charge on any atom is -0.480 e. The van der Waals surface area contributed by atoms with Crippen LogP contribution in [0.1, 0.15) is 33.5 Å². The average Bonchev–Trinajstić information content (AvgIpc) is 2.87. The standard InChI is InChI=1S/C28H24Cl2F2N2O3/c29-21-4-2-5-22(30)25(21)27(35)33-24(28(36)37)15-17-7-9-18(10-8-17)19-11-13-34(14-12-19)16-20-3-1-6-23(31)26(20)32/h1-11,24H,12-16H2,(H,33,35)(H,36,37)/t24-/m0/s1. The highest BCUT2D eigenvalue weighted by Crippen LogP contribution is 2.26. The molecule has 3 aromatic carbocycles. The first kappa shape index (κ1) is 26.8. The molecule has 0 bridgehead atoms. The molecule has 0 saturated heterocycles. The van der Waals surface area contributed by atoms with Gasteiger partial charge in [0.25, 0.3) is 5.91 Å². The predicted octanol–water partition coefficient (Wildman–Crippen LogP) is 5.99. The quantitative estimate of drug-likeness (QED) is 0.365. The zero-order chi connectivity index (χ0) is 26.5. The van der Waals surface area contributed by atoms with E-state index in [1.807, 2.05) is 29.2 Å². The lowest BCUT2D eigenvalue weighted by Gasteiger charge is -2.26. The van der Waals surface area contributed by atoms with Gasteiger partial charge >= 0.3 is 5.97 Å². The molecule has 0 radical (unpaired) electrons. The summed E-state index contributed by atoms with van der Waals surface area (Å²) in [5, 5.41) is 12.4. The molecule has 1 amide bonds. The number of rotatable bonds is 8. The highest BCUT2D eigenvalue weighted by atomic mass is 35.5. The Labute approximate surface area is 223 Å². The number of nitrogens with zero attached hydrogens (tertiary/aromatic N) is 1. The van der Waals surface area contributed by atoms with Crippen molar-refractivity contribution >= 4 is 40.7 Å². The van der Waals surface area contributed by atoms with Crippen molar-refractivity contribution < 1.29 is 23.5 Å². The zero-order valence-corrected chi connectivity index (χ0v) is 21.2. The van der Waals surface area contributed by atoms with Gasteiger partial charge in [-0.2, -0.15) is 0 Å². The molecule has 0 aromatic heterocycles. The molecule has 0 unspecified atom stereocenters. The first-order chi connectivity index (χ1) is 17.7. The van der Waals surface area contributed by atoms with Crippen LogP contribution in [0.5, 0.6) is 0 Å². The third-order valence-corrected chi connectivity index (χ3v) is 6.91. The number of nitrogens with one attached hydrogen (secondary N) is 1. The monoisotopic (exact) mass is 544 g/mol. The van der Waals surface area contributed by atoms with Crippen molar-refractivity contribution in [2.24, 2.45) is 0 Å². The maximum atomic E-state index is 14.0. The van der Waals surface area contributed by atoms with Crippen LogP contribution in [-0.4, -0.2) is 41.0 Å². The number of hydrogen-bond donors (Lipinski definition) is 2. The van der Waals surface area contributed by atoms with Gasteiger partial charge in [0.15, 0.2) is 11.6 Å². The second kappa shape index (κ2) is 11.9. The van der Waals surface area contributed by atoms with Gasteiger partial charge in [0, 0.05) is 31.6 Å². The summed E-state index contributed by atoms with van der Waals surface area (Å²) < 4.78 is 27.5. The van der Waals surface area contributed by atoms with Gasteiger partial charge < -0.3 is 10.4 Å². The molecule has 3 aromatic rings. The Balaban J connectivity index is 1.38. The third kappa shape index (κ3) is 6.55. The molecule has 0 aliphatic carbocycles. The molecule has 1 aliphatic heterocycles. The fourth-order valence-electron chi connectivity index (χ4n) is 4.26. The SMILES string of the molecule is O=C(N[C@@H](Cc1ccc(C2=CCN(Cc3cccc(F)c3F)CC2)cc1)C(=O)O)c1c(Cl)cccc1Cl. The molecular weight excluding hydrogens is 521 g/mol. The van der Waals surface area contributed by atoms with E-state index in [0.717, 1.165) is 29.2 Å². The number of benzene rings is 3. The largest absolute Gasteiger partial charge is 0.480 e. The van der Waals surface area contributed by atoms with E-state index in [1.165, 1.54) is 18.2 Å². The van der Waals surface area contributed by atoms with E-state index in [0.29, 0.717) is 25.2 Å². The topological polar surface area (TPSA) is 69.6 Å². The van der Waals surface area contributed by atoms with Crippen molar-refractivity contribution in [3.05, 3.63) is 111 Å². The summed E-state index contributed by atoms with van der Waals surface area (Å²) >= 11 is 12.1. The van der Waals surface area contributed by atoms with Crippen LogP contribution in [0.3, 0.4) is 0 Å². The van der Waals surface area contributed by atoms with Crippen LogP contribution in [0.4, 0.5) is 8.78 Å². The molecule has 0 saturated carbocycles. The first-order valence-electron chi connectivity index (χ1n) is 11.6. The number of carbonyl (C=O) groups excluding carboxylic acids is 1. The zero-order valence-electron chi connectivity index (χ0n) is 19.7. The van der Waals surface area contributed by atoms with E-state index in [9.17, 15) is 23.5 Å². The van der Waals surface area contributed by atoms with Gasteiger partial charge in [-0.1, -0.05) is 71.7 Å². The molecule has 9 heteroatoms. The number of hydrogen-bond acceptors (Lipinski definition) is 3.